The average Bonchev–Trinajstić information content (AvgIpc) is 3.03. The lowest BCUT2D eigenvalue weighted by Crippen LogP contribution is -2.29. The zero-order chi connectivity index (χ0) is 20.5. The Kier molecular flexibility index (Phi) is 5.32. The third-order valence-electron chi connectivity index (χ3n) is 5.47. The summed E-state index contributed by atoms with van der Waals surface area (Å²) in [6, 6.07) is 14.0. The van der Waals surface area contributed by atoms with Crippen LogP contribution in [0.5, 0.6) is 5.75 Å². The minimum atomic E-state index is -0.227. The summed E-state index contributed by atoms with van der Waals surface area (Å²) >= 11 is 1.52. The first-order valence-corrected chi connectivity index (χ1v) is 10.6. The summed E-state index contributed by atoms with van der Waals surface area (Å²) in [6.45, 7) is 2.12. The molecule has 2 atom stereocenters. The highest BCUT2D eigenvalue weighted by atomic mass is 32.2. The largest absolute Gasteiger partial charge is 0.497 e. The van der Waals surface area contributed by atoms with Gasteiger partial charge in [0.15, 0.2) is 5.16 Å². The fraction of sp³-hybridized carbons (Fsp3) is 0.318. The van der Waals surface area contributed by atoms with Crippen molar-refractivity contribution in [2.45, 2.75) is 30.5 Å². The summed E-state index contributed by atoms with van der Waals surface area (Å²) in [5, 5.41) is 1.70. The normalized spacial score (nSPS) is 18.0. The summed E-state index contributed by atoms with van der Waals surface area (Å²) in [4.78, 5) is 23.9. The van der Waals surface area contributed by atoms with Crippen molar-refractivity contribution < 1.29 is 14.3 Å². The number of nitrogens with zero attached hydrogens (tertiary/aromatic N) is 3. The Balaban J connectivity index is 1.91. The maximum absolute atomic E-state index is 12.1. The van der Waals surface area contributed by atoms with Crippen molar-refractivity contribution in [1.82, 2.24) is 9.97 Å². The number of hydrogen-bond acceptors (Lipinski definition) is 7. The molecule has 0 saturated heterocycles. The van der Waals surface area contributed by atoms with Gasteiger partial charge in [-0.25, -0.2) is 9.97 Å². The Bertz CT molecular complexity index is 1070. The van der Waals surface area contributed by atoms with E-state index in [1.54, 1.807) is 7.11 Å². The third kappa shape index (κ3) is 3.40. The standard InChI is InChI=1S/C22H23N3O3S/c1-13-16(12-20(26)28-3)17-11-14(27-2)9-10-19(17)25(13)21-15-7-5-6-8-18(15)23-22(24-21)29-4/h5-11,13,16H,12H2,1-4H3. The van der Waals surface area contributed by atoms with Crippen LogP contribution in [-0.2, 0) is 9.53 Å². The SMILES string of the molecule is COC(=O)CC1c2cc(OC)ccc2N(c2nc(SC)nc3ccccc23)C1C. The molecule has 0 radical (unpaired) electrons. The van der Waals surface area contributed by atoms with Gasteiger partial charge in [-0.1, -0.05) is 23.9 Å². The highest BCUT2D eigenvalue weighted by molar-refractivity contribution is 7.98. The molecule has 0 fully saturated rings. The summed E-state index contributed by atoms with van der Waals surface area (Å²) < 4.78 is 10.4. The molecule has 0 N–H and O–H groups in total. The van der Waals surface area contributed by atoms with Crippen molar-refractivity contribution in [3.63, 3.8) is 0 Å². The fourth-order valence-corrected chi connectivity index (χ4v) is 4.37. The number of benzene rings is 2. The van der Waals surface area contributed by atoms with Gasteiger partial charge in [-0.3, -0.25) is 4.79 Å². The van der Waals surface area contributed by atoms with Crippen molar-refractivity contribution in [2.75, 3.05) is 25.4 Å². The van der Waals surface area contributed by atoms with E-state index >= 15 is 0 Å². The molecule has 150 valence electrons. The van der Waals surface area contributed by atoms with E-state index in [9.17, 15) is 4.79 Å². The van der Waals surface area contributed by atoms with Gasteiger partial charge in [-0.05, 0) is 49.1 Å². The molecule has 0 saturated carbocycles. The number of ether oxygens (including phenoxy) is 2. The van der Waals surface area contributed by atoms with E-state index in [0.29, 0.717) is 6.42 Å². The third-order valence-corrected chi connectivity index (χ3v) is 6.02. The maximum Gasteiger partial charge on any atom is 0.306 e. The lowest BCUT2D eigenvalue weighted by Gasteiger charge is -2.27. The van der Waals surface area contributed by atoms with Gasteiger partial charge in [0.2, 0.25) is 0 Å². The molecule has 29 heavy (non-hydrogen) atoms. The number of rotatable bonds is 5. The second-order valence-corrected chi connectivity index (χ2v) is 7.75. The van der Waals surface area contributed by atoms with Crippen LogP contribution in [0, 0.1) is 0 Å². The van der Waals surface area contributed by atoms with Gasteiger partial charge in [-0.15, -0.1) is 0 Å². The molecule has 6 nitrogen and oxygen atoms in total. The quantitative estimate of drug-likeness (QED) is 0.348. The predicted molar refractivity (Wildman–Crippen MR) is 115 cm³/mol. The van der Waals surface area contributed by atoms with Crippen molar-refractivity contribution in [1.29, 1.82) is 0 Å². The number of para-hydroxylation sites is 1. The minimum absolute atomic E-state index is 0.0178. The molecule has 2 unspecified atom stereocenters. The Labute approximate surface area is 174 Å². The molecule has 2 aromatic carbocycles. The number of hydrogen-bond donors (Lipinski definition) is 0. The number of esters is 1. The highest BCUT2D eigenvalue weighted by Crippen LogP contribution is 2.48. The molecule has 4 rings (SSSR count). The number of anilines is 2. The second-order valence-electron chi connectivity index (χ2n) is 6.97. The number of methoxy groups -OCH3 is 2. The fourth-order valence-electron chi connectivity index (χ4n) is 4.00. The molecule has 3 aromatic rings. The molecular weight excluding hydrogens is 386 g/mol. The molecule has 0 amide bonds. The molecule has 1 aromatic heterocycles. The molecule has 1 aliphatic rings. The van der Waals surface area contributed by atoms with Crippen molar-refractivity contribution >= 4 is 40.1 Å². The Morgan fingerprint density at radius 3 is 2.69 bits per heavy atom. The van der Waals surface area contributed by atoms with Gasteiger partial charge >= 0.3 is 5.97 Å². The Hall–Kier alpha value is -2.80. The first kappa shape index (κ1) is 19.5. The molecule has 2 heterocycles. The molecule has 0 spiro atoms. The van der Waals surface area contributed by atoms with Crippen molar-refractivity contribution in [2.24, 2.45) is 0 Å². The monoisotopic (exact) mass is 409 g/mol. The van der Waals surface area contributed by atoms with Crippen LogP contribution < -0.4 is 9.64 Å². The number of carbonyl (C=O) groups is 1. The molecule has 1 aliphatic heterocycles. The summed E-state index contributed by atoms with van der Waals surface area (Å²) in [5.74, 6) is 1.37. The number of fused-ring (bicyclic) bond motifs is 2. The van der Waals surface area contributed by atoms with Gasteiger partial charge in [0.25, 0.3) is 0 Å². The minimum Gasteiger partial charge on any atom is -0.497 e. The first-order chi connectivity index (χ1) is 14.1. The maximum atomic E-state index is 12.1. The van der Waals surface area contributed by atoms with Gasteiger partial charge in [0, 0.05) is 23.0 Å². The van der Waals surface area contributed by atoms with E-state index in [1.165, 1.54) is 18.9 Å². The zero-order valence-electron chi connectivity index (χ0n) is 16.9. The Morgan fingerprint density at radius 2 is 1.97 bits per heavy atom. The number of carbonyl (C=O) groups excluding carboxylic acids is 1. The van der Waals surface area contributed by atoms with E-state index in [4.69, 9.17) is 14.5 Å². The summed E-state index contributed by atoms with van der Waals surface area (Å²) in [7, 11) is 3.07. The van der Waals surface area contributed by atoms with Crippen LogP contribution in [0.3, 0.4) is 0 Å². The van der Waals surface area contributed by atoms with Crippen molar-refractivity contribution in [3.05, 3.63) is 48.0 Å². The lowest BCUT2D eigenvalue weighted by molar-refractivity contribution is -0.141. The van der Waals surface area contributed by atoms with Crippen LogP contribution in [-0.4, -0.2) is 42.5 Å². The van der Waals surface area contributed by atoms with Gasteiger partial charge in [0.1, 0.15) is 11.6 Å². The van der Waals surface area contributed by atoms with E-state index in [-0.39, 0.29) is 17.9 Å². The topological polar surface area (TPSA) is 64.6 Å². The molecule has 0 bridgehead atoms. The molecule has 0 aliphatic carbocycles. The van der Waals surface area contributed by atoms with Crippen molar-refractivity contribution in [3.8, 4) is 5.75 Å². The van der Waals surface area contributed by atoms with Gasteiger partial charge in [-0.2, -0.15) is 0 Å². The predicted octanol–water partition coefficient (Wildman–Crippen LogP) is 4.55. The average molecular weight is 410 g/mol. The Morgan fingerprint density at radius 1 is 1.17 bits per heavy atom. The zero-order valence-corrected chi connectivity index (χ0v) is 17.7. The van der Waals surface area contributed by atoms with Crippen LogP contribution in [0.1, 0.15) is 24.8 Å². The van der Waals surface area contributed by atoms with Crippen LogP contribution in [0.15, 0.2) is 47.6 Å². The lowest BCUT2D eigenvalue weighted by atomic mass is 9.92. The van der Waals surface area contributed by atoms with Gasteiger partial charge in [0.05, 0.1) is 26.2 Å². The van der Waals surface area contributed by atoms with Crippen LogP contribution in [0.2, 0.25) is 0 Å². The molecular formula is C22H23N3O3S. The summed E-state index contributed by atoms with van der Waals surface area (Å²) in [6.07, 6.45) is 2.27. The van der Waals surface area contributed by atoms with E-state index in [2.05, 4.69) is 16.8 Å². The van der Waals surface area contributed by atoms with E-state index in [1.807, 2.05) is 48.7 Å². The number of aromatic nitrogens is 2. The van der Waals surface area contributed by atoms with E-state index < -0.39 is 0 Å². The summed E-state index contributed by atoms with van der Waals surface area (Å²) in [5.41, 5.74) is 3.00. The first-order valence-electron chi connectivity index (χ1n) is 9.42. The van der Waals surface area contributed by atoms with Crippen LogP contribution in [0.4, 0.5) is 11.5 Å². The molecule has 7 heteroatoms. The highest BCUT2D eigenvalue weighted by Gasteiger charge is 2.39. The van der Waals surface area contributed by atoms with Crippen LogP contribution >= 0.6 is 11.8 Å². The second kappa shape index (κ2) is 7.91. The van der Waals surface area contributed by atoms with E-state index in [0.717, 1.165) is 38.9 Å². The number of thioether (sulfide) groups is 1. The van der Waals surface area contributed by atoms with Gasteiger partial charge < -0.3 is 14.4 Å². The van der Waals surface area contributed by atoms with Crippen LogP contribution in [0.25, 0.3) is 10.9 Å². The smallest absolute Gasteiger partial charge is 0.306 e.